The smallest absolute Gasteiger partial charge is 0.243 e. The molecule has 0 atom stereocenters. The van der Waals surface area contributed by atoms with Crippen molar-refractivity contribution in [3.8, 4) is 0 Å². The van der Waals surface area contributed by atoms with Crippen LogP contribution >= 0.6 is 0 Å². The summed E-state index contributed by atoms with van der Waals surface area (Å²) in [6, 6.07) is 8.18. The average Bonchev–Trinajstić information content (AvgIpc) is 2.40. The van der Waals surface area contributed by atoms with Crippen molar-refractivity contribution >= 4 is 23.2 Å². The van der Waals surface area contributed by atoms with Crippen molar-refractivity contribution in [3.63, 3.8) is 0 Å². The first-order valence-corrected chi connectivity index (χ1v) is 7.23. The second-order valence-corrected chi connectivity index (χ2v) is 5.35. The highest BCUT2D eigenvalue weighted by Crippen LogP contribution is 2.19. The van der Waals surface area contributed by atoms with E-state index >= 15 is 0 Å². The highest BCUT2D eigenvalue weighted by Gasteiger charge is 2.10. The number of hydrogen-bond donors (Lipinski definition) is 1. The molecule has 0 bridgehead atoms. The Bertz CT molecular complexity index is 483. The lowest BCUT2D eigenvalue weighted by Gasteiger charge is -2.27. The first-order valence-electron chi connectivity index (χ1n) is 7.23. The number of nitrogens with one attached hydrogen (secondary N) is 1. The highest BCUT2D eigenvalue weighted by atomic mass is 16.2. The van der Waals surface area contributed by atoms with Gasteiger partial charge in [-0.2, -0.15) is 0 Å². The van der Waals surface area contributed by atoms with Crippen molar-refractivity contribution in [2.45, 2.75) is 33.7 Å². The van der Waals surface area contributed by atoms with Crippen LogP contribution in [0.25, 0.3) is 0 Å². The number of nitrogens with zero attached hydrogens (tertiary/aromatic N) is 2. The fourth-order valence-electron chi connectivity index (χ4n) is 2.11. The van der Waals surface area contributed by atoms with Gasteiger partial charge in [-0.25, -0.2) is 0 Å². The summed E-state index contributed by atoms with van der Waals surface area (Å²) >= 11 is 0. The number of anilines is 2. The van der Waals surface area contributed by atoms with E-state index < -0.39 is 0 Å². The van der Waals surface area contributed by atoms with E-state index in [-0.39, 0.29) is 18.4 Å². The zero-order chi connectivity index (χ0) is 16.0. The maximum absolute atomic E-state index is 11.8. The molecular formula is C16H25N3O2. The predicted molar refractivity (Wildman–Crippen MR) is 86.5 cm³/mol. The Morgan fingerprint density at radius 2 is 1.76 bits per heavy atom. The van der Waals surface area contributed by atoms with Gasteiger partial charge in [0.2, 0.25) is 11.8 Å². The Balaban J connectivity index is 2.66. The largest absolute Gasteiger partial charge is 0.369 e. The molecule has 0 saturated heterocycles. The van der Waals surface area contributed by atoms with Crippen LogP contribution in [0.4, 0.5) is 11.4 Å². The standard InChI is InChI=1S/C16H25N3O2/c1-6-19(12(2)3)15-9-7-14(8-10-15)17-16(21)11-18(5)13(4)20/h7-10,12H,6,11H2,1-5H3,(H,17,21). The number of hydrogen-bond acceptors (Lipinski definition) is 3. The van der Waals surface area contributed by atoms with E-state index in [2.05, 4.69) is 31.0 Å². The molecule has 1 aromatic rings. The van der Waals surface area contributed by atoms with Crippen LogP contribution in [0.15, 0.2) is 24.3 Å². The molecule has 21 heavy (non-hydrogen) atoms. The Labute approximate surface area is 126 Å². The minimum atomic E-state index is -0.198. The second kappa shape index (κ2) is 7.67. The molecule has 0 saturated carbocycles. The van der Waals surface area contributed by atoms with Crippen molar-refractivity contribution in [3.05, 3.63) is 24.3 Å². The van der Waals surface area contributed by atoms with Gasteiger partial charge in [0.1, 0.15) is 0 Å². The molecule has 0 heterocycles. The Kier molecular flexibility index (Phi) is 6.21. The molecule has 0 unspecified atom stereocenters. The maximum Gasteiger partial charge on any atom is 0.243 e. The van der Waals surface area contributed by atoms with Gasteiger partial charge in [0.25, 0.3) is 0 Å². The molecule has 0 radical (unpaired) electrons. The number of amides is 2. The van der Waals surface area contributed by atoms with Crippen LogP contribution in [-0.4, -0.2) is 42.9 Å². The predicted octanol–water partition coefficient (Wildman–Crippen LogP) is 2.34. The van der Waals surface area contributed by atoms with Gasteiger partial charge in [-0.3, -0.25) is 9.59 Å². The van der Waals surface area contributed by atoms with E-state index in [1.807, 2.05) is 24.3 Å². The summed E-state index contributed by atoms with van der Waals surface area (Å²) in [7, 11) is 1.60. The van der Waals surface area contributed by atoms with E-state index in [1.165, 1.54) is 11.8 Å². The summed E-state index contributed by atoms with van der Waals surface area (Å²) in [6.45, 7) is 8.85. The van der Waals surface area contributed by atoms with Gasteiger partial charge in [0.05, 0.1) is 6.54 Å². The Morgan fingerprint density at radius 3 is 2.19 bits per heavy atom. The molecule has 0 spiro atoms. The summed E-state index contributed by atoms with van der Waals surface area (Å²) in [6.07, 6.45) is 0. The first kappa shape index (κ1) is 17.0. The fourth-order valence-corrected chi connectivity index (χ4v) is 2.11. The molecule has 2 amide bonds. The van der Waals surface area contributed by atoms with Gasteiger partial charge >= 0.3 is 0 Å². The van der Waals surface area contributed by atoms with E-state index in [4.69, 9.17) is 0 Å². The van der Waals surface area contributed by atoms with E-state index in [0.717, 1.165) is 17.9 Å². The third kappa shape index (κ3) is 5.10. The lowest BCUT2D eigenvalue weighted by atomic mass is 10.2. The SMILES string of the molecule is CCN(c1ccc(NC(=O)CN(C)C(C)=O)cc1)C(C)C. The second-order valence-electron chi connectivity index (χ2n) is 5.35. The van der Waals surface area contributed by atoms with Crippen LogP contribution in [-0.2, 0) is 9.59 Å². The van der Waals surface area contributed by atoms with Gasteiger partial charge in [-0.1, -0.05) is 0 Å². The highest BCUT2D eigenvalue weighted by molar-refractivity contribution is 5.94. The summed E-state index contributed by atoms with van der Waals surface area (Å²) in [5.41, 5.74) is 1.87. The fraction of sp³-hybridized carbons (Fsp3) is 0.500. The molecular weight excluding hydrogens is 266 g/mol. The molecule has 1 aromatic carbocycles. The molecule has 0 aliphatic rings. The van der Waals surface area contributed by atoms with Gasteiger partial charge in [-0.05, 0) is 45.0 Å². The van der Waals surface area contributed by atoms with Crippen LogP contribution in [0, 0.1) is 0 Å². The topological polar surface area (TPSA) is 52.7 Å². The molecule has 116 valence electrons. The summed E-state index contributed by atoms with van der Waals surface area (Å²) in [4.78, 5) is 26.5. The van der Waals surface area contributed by atoms with Crippen LogP contribution in [0.2, 0.25) is 0 Å². The van der Waals surface area contributed by atoms with Gasteiger partial charge in [-0.15, -0.1) is 0 Å². The maximum atomic E-state index is 11.8. The number of carbonyl (C=O) groups excluding carboxylic acids is 2. The normalized spacial score (nSPS) is 10.4. The van der Waals surface area contributed by atoms with Crippen LogP contribution < -0.4 is 10.2 Å². The molecule has 0 fully saturated rings. The molecule has 5 nitrogen and oxygen atoms in total. The zero-order valence-electron chi connectivity index (χ0n) is 13.5. The number of rotatable bonds is 6. The van der Waals surface area contributed by atoms with E-state index in [9.17, 15) is 9.59 Å². The number of benzene rings is 1. The average molecular weight is 291 g/mol. The quantitative estimate of drug-likeness (QED) is 0.875. The van der Waals surface area contributed by atoms with E-state index in [0.29, 0.717) is 6.04 Å². The van der Waals surface area contributed by atoms with Gasteiger partial charge in [0, 0.05) is 37.9 Å². The van der Waals surface area contributed by atoms with Crippen molar-refractivity contribution in [2.75, 3.05) is 30.4 Å². The van der Waals surface area contributed by atoms with Crippen LogP contribution in [0.1, 0.15) is 27.7 Å². The minimum absolute atomic E-state index is 0.0597. The molecule has 0 aliphatic carbocycles. The third-order valence-corrected chi connectivity index (χ3v) is 3.37. The monoisotopic (exact) mass is 291 g/mol. The lowest BCUT2D eigenvalue weighted by molar-refractivity contribution is -0.131. The summed E-state index contributed by atoms with van der Waals surface area (Å²) < 4.78 is 0. The van der Waals surface area contributed by atoms with Gasteiger partial charge < -0.3 is 15.1 Å². The van der Waals surface area contributed by atoms with E-state index in [1.54, 1.807) is 7.05 Å². The van der Waals surface area contributed by atoms with Crippen molar-refractivity contribution in [1.29, 1.82) is 0 Å². The third-order valence-electron chi connectivity index (χ3n) is 3.37. The molecule has 0 aliphatic heterocycles. The molecule has 1 N–H and O–H groups in total. The molecule has 1 rings (SSSR count). The lowest BCUT2D eigenvalue weighted by Crippen LogP contribution is -2.33. The van der Waals surface area contributed by atoms with Crippen LogP contribution in [0.3, 0.4) is 0 Å². The minimum Gasteiger partial charge on any atom is -0.369 e. The number of carbonyl (C=O) groups is 2. The van der Waals surface area contributed by atoms with Crippen molar-refractivity contribution < 1.29 is 9.59 Å². The zero-order valence-corrected chi connectivity index (χ0v) is 13.5. The molecule has 0 aromatic heterocycles. The van der Waals surface area contributed by atoms with Crippen molar-refractivity contribution in [1.82, 2.24) is 4.90 Å². The summed E-state index contributed by atoms with van der Waals surface area (Å²) in [5, 5.41) is 2.79. The first-order chi connectivity index (χ1) is 9.85. The van der Waals surface area contributed by atoms with Crippen LogP contribution in [0.5, 0.6) is 0 Å². The Morgan fingerprint density at radius 1 is 1.19 bits per heavy atom. The van der Waals surface area contributed by atoms with Gasteiger partial charge in [0.15, 0.2) is 0 Å². The molecule has 5 heteroatoms. The summed E-state index contributed by atoms with van der Waals surface area (Å²) in [5.74, 6) is -0.326. The number of likely N-dealkylation sites (N-methyl/N-ethyl adjacent to an activating group) is 1. The Hall–Kier alpha value is -2.04. The van der Waals surface area contributed by atoms with Crippen molar-refractivity contribution in [2.24, 2.45) is 0 Å².